The summed E-state index contributed by atoms with van der Waals surface area (Å²) in [5.41, 5.74) is 3.17. The topological polar surface area (TPSA) is 63.3 Å². The molecule has 7 nitrogen and oxygen atoms in total. The van der Waals surface area contributed by atoms with Crippen LogP contribution in [-0.2, 0) is 11.2 Å². The second-order valence-electron chi connectivity index (χ2n) is 9.22. The smallest absolute Gasteiger partial charge is 0.229 e. The molecular formula is C29H33N3O4. The molecule has 1 fully saturated rings. The molecule has 0 spiro atoms. The molecule has 3 aromatic rings. The maximum atomic E-state index is 13.6. The van der Waals surface area contributed by atoms with E-state index in [-0.39, 0.29) is 17.9 Å². The van der Waals surface area contributed by atoms with Crippen molar-refractivity contribution < 1.29 is 19.0 Å². The van der Waals surface area contributed by atoms with E-state index in [4.69, 9.17) is 14.2 Å². The van der Waals surface area contributed by atoms with Crippen molar-refractivity contribution in [1.29, 1.82) is 0 Å². The van der Waals surface area contributed by atoms with Gasteiger partial charge < -0.3 is 24.4 Å². The summed E-state index contributed by atoms with van der Waals surface area (Å²) in [7, 11) is 3.20. The average molecular weight is 488 g/mol. The Morgan fingerprint density at radius 1 is 0.944 bits per heavy atom. The van der Waals surface area contributed by atoms with Crippen molar-refractivity contribution in [3.8, 4) is 17.2 Å². The van der Waals surface area contributed by atoms with Crippen LogP contribution in [-0.4, -0.2) is 63.9 Å². The predicted octanol–water partition coefficient (Wildman–Crippen LogP) is 4.08. The minimum absolute atomic E-state index is 0.0223. The molecule has 2 heterocycles. The van der Waals surface area contributed by atoms with Crippen LogP contribution in [0.25, 0.3) is 0 Å². The van der Waals surface area contributed by atoms with Crippen LogP contribution < -0.4 is 24.4 Å². The zero-order chi connectivity index (χ0) is 24.9. The summed E-state index contributed by atoms with van der Waals surface area (Å²) in [5.74, 6) is 1.96. The lowest BCUT2D eigenvalue weighted by Gasteiger charge is -2.49. The zero-order valence-corrected chi connectivity index (χ0v) is 20.9. The lowest BCUT2D eigenvalue weighted by molar-refractivity contribution is -0.121. The summed E-state index contributed by atoms with van der Waals surface area (Å²) >= 11 is 0. The third kappa shape index (κ3) is 5.11. The molecule has 1 N–H and O–H groups in total. The highest BCUT2D eigenvalue weighted by atomic mass is 16.5. The van der Waals surface area contributed by atoms with Crippen molar-refractivity contribution in [2.75, 3.05) is 57.2 Å². The van der Waals surface area contributed by atoms with Crippen LogP contribution in [0, 0.1) is 5.92 Å². The molecule has 0 aromatic heterocycles. The van der Waals surface area contributed by atoms with Crippen molar-refractivity contribution in [2.45, 2.75) is 12.5 Å². The number of hydrogen-bond donors (Lipinski definition) is 1. The second kappa shape index (κ2) is 10.9. The van der Waals surface area contributed by atoms with E-state index in [1.54, 1.807) is 20.3 Å². The molecular weight excluding hydrogens is 454 g/mol. The maximum absolute atomic E-state index is 13.6. The van der Waals surface area contributed by atoms with E-state index in [1.807, 2.05) is 42.5 Å². The summed E-state index contributed by atoms with van der Waals surface area (Å²) < 4.78 is 16.7. The Morgan fingerprint density at radius 3 is 2.53 bits per heavy atom. The molecule has 2 aliphatic heterocycles. The van der Waals surface area contributed by atoms with Gasteiger partial charge in [0.2, 0.25) is 5.91 Å². The molecule has 0 unspecified atom stereocenters. The number of methoxy groups -OCH3 is 2. The summed E-state index contributed by atoms with van der Waals surface area (Å²) in [6.45, 7) is 4.08. The molecule has 0 bridgehead atoms. The second-order valence-corrected chi connectivity index (χ2v) is 9.22. The molecule has 0 aliphatic carbocycles. The third-order valence-electron chi connectivity index (χ3n) is 7.12. The number of hydrogen-bond acceptors (Lipinski definition) is 6. The first-order valence-electron chi connectivity index (χ1n) is 12.4. The molecule has 1 saturated heterocycles. The van der Waals surface area contributed by atoms with E-state index < -0.39 is 0 Å². The highest BCUT2D eigenvalue weighted by molar-refractivity contribution is 5.94. The minimum Gasteiger partial charge on any atom is -0.493 e. The minimum atomic E-state index is -0.175. The molecule has 3 aromatic carbocycles. The van der Waals surface area contributed by atoms with E-state index in [0.29, 0.717) is 30.2 Å². The van der Waals surface area contributed by atoms with Crippen molar-refractivity contribution >= 4 is 17.3 Å². The van der Waals surface area contributed by atoms with Gasteiger partial charge in [0.1, 0.15) is 12.4 Å². The van der Waals surface area contributed by atoms with Gasteiger partial charge in [-0.2, -0.15) is 0 Å². The fraction of sp³-hybridized carbons (Fsp3) is 0.345. The Kier molecular flexibility index (Phi) is 7.28. The SMILES string of the molecule is COc1ccc(NC(=O)[C@@H]2Cc3ccccc3N3CCN(CCOc4ccccc4)C[C@H]23)cc1OC. The number of carbonyl (C=O) groups excluding carboxylic acids is 1. The van der Waals surface area contributed by atoms with Gasteiger partial charge in [0.15, 0.2) is 11.5 Å². The van der Waals surface area contributed by atoms with Crippen LogP contribution in [0.3, 0.4) is 0 Å². The van der Waals surface area contributed by atoms with Crippen molar-refractivity contribution in [3.05, 3.63) is 78.4 Å². The van der Waals surface area contributed by atoms with Gasteiger partial charge in [-0.1, -0.05) is 36.4 Å². The summed E-state index contributed by atoms with van der Waals surface area (Å²) in [6, 6.07) is 23.9. The van der Waals surface area contributed by atoms with E-state index in [0.717, 1.165) is 31.9 Å². The Morgan fingerprint density at radius 2 is 1.72 bits per heavy atom. The molecule has 36 heavy (non-hydrogen) atoms. The van der Waals surface area contributed by atoms with Gasteiger partial charge in [0.25, 0.3) is 0 Å². The predicted molar refractivity (Wildman–Crippen MR) is 141 cm³/mol. The van der Waals surface area contributed by atoms with Gasteiger partial charge in [-0.15, -0.1) is 0 Å². The lowest BCUT2D eigenvalue weighted by Crippen LogP contribution is -2.60. The number of ether oxygens (including phenoxy) is 3. The van der Waals surface area contributed by atoms with Gasteiger partial charge >= 0.3 is 0 Å². The van der Waals surface area contributed by atoms with Crippen LogP contribution in [0.15, 0.2) is 72.8 Å². The number of amides is 1. The lowest BCUT2D eigenvalue weighted by atomic mass is 9.83. The van der Waals surface area contributed by atoms with E-state index in [9.17, 15) is 4.79 Å². The molecule has 0 saturated carbocycles. The molecule has 5 rings (SSSR count). The number of rotatable bonds is 8. The maximum Gasteiger partial charge on any atom is 0.229 e. The van der Waals surface area contributed by atoms with E-state index >= 15 is 0 Å². The van der Waals surface area contributed by atoms with Gasteiger partial charge in [0.05, 0.1) is 26.2 Å². The quantitative estimate of drug-likeness (QED) is 0.517. The first-order valence-corrected chi connectivity index (χ1v) is 12.4. The number of fused-ring (bicyclic) bond motifs is 3. The molecule has 2 aliphatic rings. The Bertz CT molecular complexity index is 1190. The van der Waals surface area contributed by atoms with E-state index in [1.165, 1.54) is 11.3 Å². The van der Waals surface area contributed by atoms with Gasteiger partial charge in [0, 0.05) is 43.6 Å². The van der Waals surface area contributed by atoms with Crippen LogP contribution in [0.1, 0.15) is 5.56 Å². The normalized spacial score (nSPS) is 19.1. The van der Waals surface area contributed by atoms with E-state index in [2.05, 4.69) is 39.4 Å². The number of carbonyl (C=O) groups is 1. The van der Waals surface area contributed by atoms with Crippen molar-refractivity contribution in [1.82, 2.24) is 4.90 Å². The average Bonchev–Trinajstić information content (AvgIpc) is 2.93. The summed E-state index contributed by atoms with van der Waals surface area (Å²) in [5, 5.41) is 3.14. The van der Waals surface area contributed by atoms with Crippen LogP contribution >= 0.6 is 0 Å². The first-order chi connectivity index (χ1) is 17.7. The fourth-order valence-electron chi connectivity index (χ4n) is 5.28. The van der Waals surface area contributed by atoms with Crippen LogP contribution in [0.5, 0.6) is 17.2 Å². The summed E-state index contributed by atoms with van der Waals surface area (Å²) in [6.07, 6.45) is 0.713. The van der Waals surface area contributed by atoms with Crippen molar-refractivity contribution in [3.63, 3.8) is 0 Å². The summed E-state index contributed by atoms with van der Waals surface area (Å²) in [4.78, 5) is 18.5. The van der Waals surface area contributed by atoms with Crippen LogP contribution in [0.2, 0.25) is 0 Å². The molecule has 2 atom stereocenters. The third-order valence-corrected chi connectivity index (χ3v) is 7.12. The number of benzene rings is 3. The molecule has 7 heteroatoms. The Labute approximate surface area is 212 Å². The number of anilines is 2. The Hall–Kier alpha value is -3.71. The largest absolute Gasteiger partial charge is 0.493 e. The highest BCUT2D eigenvalue weighted by Gasteiger charge is 2.41. The monoisotopic (exact) mass is 487 g/mol. The number of piperazine rings is 1. The van der Waals surface area contributed by atoms with Gasteiger partial charge in [-0.05, 0) is 42.3 Å². The van der Waals surface area contributed by atoms with Crippen LogP contribution in [0.4, 0.5) is 11.4 Å². The molecule has 188 valence electrons. The Balaban J connectivity index is 1.31. The molecule has 0 radical (unpaired) electrons. The van der Waals surface area contributed by atoms with Crippen molar-refractivity contribution in [2.24, 2.45) is 5.92 Å². The van der Waals surface area contributed by atoms with Gasteiger partial charge in [-0.3, -0.25) is 9.69 Å². The highest BCUT2D eigenvalue weighted by Crippen LogP contribution is 2.37. The number of nitrogens with zero attached hydrogens (tertiary/aromatic N) is 2. The fourth-order valence-corrected chi connectivity index (χ4v) is 5.28. The zero-order valence-electron chi connectivity index (χ0n) is 20.9. The standard InChI is InChI=1S/C29H33N3O4/c1-34-27-13-12-22(19-28(27)35-2)30-29(33)24-18-21-8-6-7-11-25(21)32-15-14-31(20-26(24)32)16-17-36-23-9-4-3-5-10-23/h3-13,19,24,26H,14-18,20H2,1-2H3,(H,30,33)/t24-,26-/m1/s1. The first kappa shape index (κ1) is 24.0. The number of nitrogens with one attached hydrogen (secondary N) is 1. The van der Waals surface area contributed by atoms with Gasteiger partial charge in [-0.25, -0.2) is 0 Å². The number of para-hydroxylation sites is 2. The molecule has 1 amide bonds.